The van der Waals surface area contributed by atoms with Crippen LogP contribution in [0.1, 0.15) is 44.0 Å². The van der Waals surface area contributed by atoms with Gasteiger partial charge in [0, 0.05) is 17.2 Å². The lowest BCUT2D eigenvalue weighted by Crippen LogP contribution is -2.31. The Morgan fingerprint density at radius 1 is 1.03 bits per heavy atom. The summed E-state index contributed by atoms with van der Waals surface area (Å²) in [6, 6.07) is 6.98. The minimum atomic E-state index is -0.226. The summed E-state index contributed by atoms with van der Waals surface area (Å²) in [5.41, 5.74) is 3.21. The van der Waals surface area contributed by atoms with Crippen molar-refractivity contribution in [2.45, 2.75) is 36.0 Å². The van der Waals surface area contributed by atoms with Gasteiger partial charge in [0.2, 0.25) is 0 Å². The van der Waals surface area contributed by atoms with Gasteiger partial charge in [0.25, 0.3) is 11.8 Å². The van der Waals surface area contributed by atoms with E-state index in [9.17, 15) is 9.59 Å². The molecule has 1 aromatic carbocycles. The van der Waals surface area contributed by atoms with E-state index in [1.807, 2.05) is 10.7 Å². The van der Waals surface area contributed by atoms with Crippen molar-refractivity contribution < 1.29 is 9.59 Å². The van der Waals surface area contributed by atoms with Gasteiger partial charge >= 0.3 is 0 Å². The fraction of sp³-hybridized carbons (Fsp3) is 0.318. The van der Waals surface area contributed by atoms with Gasteiger partial charge in [0.05, 0.1) is 16.5 Å². The Kier molecular flexibility index (Phi) is 4.96. The highest BCUT2D eigenvalue weighted by Crippen LogP contribution is 2.39. The van der Waals surface area contributed by atoms with Crippen LogP contribution >= 0.6 is 34.9 Å². The van der Waals surface area contributed by atoms with E-state index in [1.54, 1.807) is 47.4 Å². The van der Waals surface area contributed by atoms with Crippen molar-refractivity contribution in [3.8, 4) is 0 Å². The molecule has 162 valence electrons. The number of thiophene rings is 1. The summed E-state index contributed by atoms with van der Waals surface area (Å²) < 4.78 is 2.03. The molecule has 0 atom stereocenters. The SMILES string of the molecule is CSc1nc2sc3c(c2c2nnc(SCCN4C(=O)c5ccccc5C4=O)n12)CCCC3. The monoisotopic (exact) mass is 481 g/mol. The predicted octanol–water partition coefficient (Wildman–Crippen LogP) is 4.33. The minimum Gasteiger partial charge on any atom is -0.273 e. The average molecular weight is 482 g/mol. The molecule has 2 aliphatic rings. The Bertz CT molecular complexity index is 1370. The number of thioether (sulfide) groups is 2. The number of rotatable bonds is 5. The van der Waals surface area contributed by atoms with Crippen molar-refractivity contribution in [1.29, 1.82) is 0 Å². The van der Waals surface area contributed by atoms with E-state index in [0.717, 1.165) is 39.0 Å². The first kappa shape index (κ1) is 20.2. The number of benzene rings is 1. The summed E-state index contributed by atoms with van der Waals surface area (Å²) in [5, 5.41) is 11.8. The van der Waals surface area contributed by atoms with E-state index in [1.165, 1.54) is 39.9 Å². The number of fused-ring (bicyclic) bond motifs is 6. The lowest BCUT2D eigenvalue weighted by molar-refractivity contribution is 0.0664. The molecule has 7 nitrogen and oxygen atoms in total. The molecule has 0 fully saturated rings. The Morgan fingerprint density at radius 3 is 2.53 bits per heavy atom. The molecule has 4 heterocycles. The van der Waals surface area contributed by atoms with Crippen LogP contribution in [0.15, 0.2) is 34.6 Å². The van der Waals surface area contributed by atoms with Crippen LogP contribution in [0, 0.1) is 0 Å². The summed E-state index contributed by atoms with van der Waals surface area (Å²) in [5.74, 6) is 0.0885. The first-order chi connectivity index (χ1) is 15.7. The van der Waals surface area contributed by atoms with Gasteiger partial charge < -0.3 is 0 Å². The van der Waals surface area contributed by atoms with E-state index in [4.69, 9.17) is 4.98 Å². The summed E-state index contributed by atoms with van der Waals surface area (Å²) in [6.45, 7) is 0.323. The molecule has 0 saturated heterocycles. The van der Waals surface area contributed by atoms with Crippen LogP contribution < -0.4 is 0 Å². The maximum absolute atomic E-state index is 12.6. The zero-order chi connectivity index (χ0) is 21.8. The molecular formula is C22H19N5O2S3. The molecule has 10 heteroatoms. The predicted molar refractivity (Wildman–Crippen MR) is 127 cm³/mol. The van der Waals surface area contributed by atoms with Crippen molar-refractivity contribution in [2.24, 2.45) is 0 Å². The molecule has 1 aliphatic carbocycles. The quantitative estimate of drug-likeness (QED) is 0.238. The van der Waals surface area contributed by atoms with Crippen LogP contribution in [0.2, 0.25) is 0 Å². The number of aryl methyl sites for hydroxylation is 2. The standard InChI is InChI=1S/C22H19N5O2S3/c1-30-21-23-18-16(14-8-4-5-9-15(14)32-18)17-24-25-22(27(17)21)31-11-10-26-19(28)12-6-2-3-7-13(12)20(26)29/h2-3,6-7H,4-5,8-11H2,1H3. The number of nitrogens with zero attached hydrogens (tertiary/aromatic N) is 5. The number of aromatic nitrogens is 4. The fourth-order valence-corrected chi connectivity index (χ4v) is 7.27. The second-order valence-electron chi connectivity index (χ2n) is 7.79. The number of carbonyl (C=O) groups excluding carboxylic acids is 2. The van der Waals surface area contributed by atoms with Crippen molar-refractivity contribution in [2.75, 3.05) is 18.6 Å². The highest BCUT2D eigenvalue weighted by Gasteiger charge is 2.34. The third-order valence-electron chi connectivity index (χ3n) is 6.00. The molecule has 3 aromatic heterocycles. The van der Waals surface area contributed by atoms with Crippen molar-refractivity contribution >= 4 is 62.5 Å². The van der Waals surface area contributed by atoms with Gasteiger partial charge in [0.1, 0.15) is 4.83 Å². The van der Waals surface area contributed by atoms with E-state index in [0.29, 0.717) is 23.4 Å². The highest BCUT2D eigenvalue weighted by atomic mass is 32.2. The lowest BCUT2D eigenvalue weighted by Gasteiger charge is -2.13. The van der Waals surface area contributed by atoms with Gasteiger partial charge in [0.15, 0.2) is 16.0 Å². The van der Waals surface area contributed by atoms with Gasteiger partial charge in [-0.1, -0.05) is 35.7 Å². The Balaban J connectivity index is 1.30. The number of imide groups is 1. The van der Waals surface area contributed by atoms with E-state index in [-0.39, 0.29) is 11.8 Å². The Labute approximate surface area is 196 Å². The van der Waals surface area contributed by atoms with Crippen LogP contribution in [-0.2, 0) is 12.8 Å². The number of carbonyl (C=O) groups is 2. The van der Waals surface area contributed by atoms with Gasteiger partial charge in [-0.25, -0.2) is 9.38 Å². The van der Waals surface area contributed by atoms with Crippen LogP contribution in [0.25, 0.3) is 15.9 Å². The van der Waals surface area contributed by atoms with Gasteiger partial charge in [-0.15, -0.1) is 21.5 Å². The molecule has 2 amide bonds. The van der Waals surface area contributed by atoms with Gasteiger partial charge in [-0.05, 0) is 49.6 Å². The molecule has 0 unspecified atom stereocenters. The second kappa shape index (κ2) is 7.86. The molecule has 0 spiro atoms. The van der Waals surface area contributed by atoms with Crippen LogP contribution in [0.3, 0.4) is 0 Å². The van der Waals surface area contributed by atoms with E-state index < -0.39 is 0 Å². The van der Waals surface area contributed by atoms with E-state index >= 15 is 0 Å². The maximum Gasteiger partial charge on any atom is 0.261 e. The molecule has 6 rings (SSSR count). The van der Waals surface area contributed by atoms with Crippen LogP contribution in [0.4, 0.5) is 0 Å². The van der Waals surface area contributed by atoms with Crippen molar-refractivity contribution in [3.63, 3.8) is 0 Å². The molecule has 1 aliphatic heterocycles. The highest BCUT2D eigenvalue weighted by molar-refractivity contribution is 7.99. The largest absolute Gasteiger partial charge is 0.273 e. The molecule has 32 heavy (non-hydrogen) atoms. The third kappa shape index (κ3) is 3.00. The number of amides is 2. The normalized spacial score (nSPS) is 15.7. The average Bonchev–Trinajstić information content (AvgIpc) is 3.47. The number of hydrogen-bond acceptors (Lipinski definition) is 8. The van der Waals surface area contributed by atoms with E-state index in [2.05, 4.69) is 10.2 Å². The van der Waals surface area contributed by atoms with Gasteiger partial charge in [-0.2, -0.15) is 0 Å². The maximum atomic E-state index is 12.6. The Hall–Kier alpha value is -2.43. The van der Waals surface area contributed by atoms with Crippen molar-refractivity contribution in [3.05, 3.63) is 45.8 Å². The summed E-state index contributed by atoms with van der Waals surface area (Å²) in [6.07, 6.45) is 6.63. The zero-order valence-electron chi connectivity index (χ0n) is 17.3. The summed E-state index contributed by atoms with van der Waals surface area (Å²) >= 11 is 4.86. The van der Waals surface area contributed by atoms with Crippen LogP contribution in [-0.4, -0.2) is 54.8 Å². The first-order valence-corrected chi connectivity index (χ1v) is 13.5. The molecule has 0 N–H and O–H groups in total. The zero-order valence-corrected chi connectivity index (χ0v) is 19.8. The summed E-state index contributed by atoms with van der Waals surface area (Å²) in [7, 11) is 0. The molecule has 0 radical (unpaired) electrons. The summed E-state index contributed by atoms with van der Waals surface area (Å²) in [4.78, 5) is 34.0. The molecule has 0 saturated carbocycles. The first-order valence-electron chi connectivity index (χ1n) is 10.5. The second-order valence-corrected chi connectivity index (χ2v) is 10.7. The molecule has 4 aromatic rings. The topological polar surface area (TPSA) is 80.5 Å². The van der Waals surface area contributed by atoms with Crippen molar-refractivity contribution in [1.82, 2.24) is 24.5 Å². The molecular weight excluding hydrogens is 462 g/mol. The minimum absolute atomic E-state index is 0.226. The van der Waals surface area contributed by atoms with Gasteiger partial charge in [-0.3, -0.25) is 14.5 Å². The number of hydrogen-bond donors (Lipinski definition) is 0. The smallest absolute Gasteiger partial charge is 0.261 e. The van der Waals surface area contributed by atoms with Crippen LogP contribution in [0.5, 0.6) is 0 Å². The molecule has 0 bridgehead atoms. The Morgan fingerprint density at radius 2 is 1.78 bits per heavy atom. The lowest BCUT2D eigenvalue weighted by atomic mass is 9.97. The fourth-order valence-electron chi connectivity index (χ4n) is 4.50. The third-order valence-corrected chi connectivity index (χ3v) is 8.74.